The van der Waals surface area contributed by atoms with Gasteiger partial charge in [0.15, 0.2) is 0 Å². The highest BCUT2D eigenvalue weighted by atomic mass is 15.2. The molecular weight excluding hydrogens is 380 g/mol. The Morgan fingerprint density at radius 1 is 1.19 bits per heavy atom. The first-order chi connectivity index (χ1) is 14.9. The Labute approximate surface area is 186 Å². The average molecular weight is 411 g/mol. The molecule has 0 amide bonds. The summed E-state index contributed by atoms with van der Waals surface area (Å²) in [6.07, 6.45) is 2.27. The zero-order valence-corrected chi connectivity index (χ0v) is 18.2. The van der Waals surface area contributed by atoms with Gasteiger partial charge in [0, 0.05) is 37.3 Å². The Hall–Kier alpha value is -3.54. The van der Waals surface area contributed by atoms with Crippen molar-refractivity contribution in [1.29, 1.82) is 10.7 Å². The van der Waals surface area contributed by atoms with Crippen LogP contribution in [0, 0.1) is 29.6 Å². The fourth-order valence-electron chi connectivity index (χ4n) is 4.18. The Morgan fingerprint density at radius 2 is 1.87 bits per heavy atom. The summed E-state index contributed by atoms with van der Waals surface area (Å²) in [4.78, 5) is 2.27. The summed E-state index contributed by atoms with van der Waals surface area (Å²) >= 11 is 0. The molecule has 2 aromatic rings. The van der Waals surface area contributed by atoms with Crippen molar-refractivity contribution in [1.82, 2.24) is 4.90 Å². The summed E-state index contributed by atoms with van der Waals surface area (Å²) < 4.78 is 0. The van der Waals surface area contributed by atoms with Crippen LogP contribution >= 0.6 is 0 Å². The summed E-state index contributed by atoms with van der Waals surface area (Å²) in [5.41, 5.74) is 17.6. The number of nitrogens with one attached hydrogen (secondary N) is 1. The van der Waals surface area contributed by atoms with E-state index in [-0.39, 0.29) is 1.43 Å². The first-order valence-corrected chi connectivity index (χ1v) is 10.7. The molecule has 31 heavy (non-hydrogen) atoms. The van der Waals surface area contributed by atoms with Gasteiger partial charge in [-0.1, -0.05) is 30.8 Å². The molecular formula is C27H30N4. The van der Waals surface area contributed by atoms with Crippen LogP contribution in [0.2, 0.25) is 0 Å². The van der Waals surface area contributed by atoms with Crippen LogP contribution in [0.3, 0.4) is 0 Å². The van der Waals surface area contributed by atoms with Crippen molar-refractivity contribution in [2.24, 2.45) is 11.7 Å². The van der Waals surface area contributed by atoms with Crippen molar-refractivity contribution in [3.05, 3.63) is 93.9 Å². The first kappa shape index (κ1) is 20.7. The minimum absolute atomic E-state index is 0. The monoisotopic (exact) mass is 410 g/mol. The topological polar surface area (TPSA) is 76.9 Å². The van der Waals surface area contributed by atoms with Gasteiger partial charge in [0.25, 0.3) is 0 Å². The van der Waals surface area contributed by atoms with E-state index < -0.39 is 0 Å². The van der Waals surface area contributed by atoms with Gasteiger partial charge >= 0.3 is 0 Å². The molecule has 4 nitrogen and oxygen atoms in total. The number of hydrogen-bond acceptors (Lipinski definition) is 4. The normalized spacial score (nSPS) is 16.6. The van der Waals surface area contributed by atoms with Gasteiger partial charge in [-0.25, -0.2) is 0 Å². The highest BCUT2D eigenvalue weighted by Crippen LogP contribution is 2.37. The quantitative estimate of drug-likeness (QED) is 0.498. The van der Waals surface area contributed by atoms with Crippen LogP contribution in [0.1, 0.15) is 54.9 Å². The lowest BCUT2D eigenvalue weighted by Gasteiger charge is -2.42. The van der Waals surface area contributed by atoms with E-state index in [1.807, 2.05) is 38.1 Å². The fraction of sp³-hybridized carbons (Fsp3) is 0.296. The number of nitrogens with zero attached hydrogens (tertiary/aromatic N) is 2. The van der Waals surface area contributed by atoms with E-state index >= 15 is 0 Å². The molecule has 0 radical (unpaired) electrons. The largest absolute Gasteiger partial charge is 0.402 e. The highest BCUT2D eigenvalue weighted by Gasteiger charge is 2.31. The summed E-state index contributed by atoms with van der Waals surface area (Å²) in [7, 11) is 0. The Kier molecular flexibility index (Phi) is 5.55. The standard InChI is InChI=1S/C27H28N4.H2/c1-4-25(31-15-23(16-31)20-9-6-19(14-28)7-10-20)22-8-5-17(2)24(13-22)27(30)18(3)26(29)21-11-12-21;/h5-10,13,21,23,30H,1,11-12,15-16,29H2,2-3H3;1H/b26-18-,30-27?;. The van der Waals surface area contributed by atoms with E-state index in [1.165, 1.54) is 5.56 Å². The van der Waals surface area contributed by atoms with E-state index in [1.54, 1.807) is 0 Å². The van der Waals surface area contributed by atoms with Crippen LogP contribution in [0.15, 0.2) is 66.0 Å². The van der Waals surface area contributed by atoms with E-state index in [2.05, 4.69) is 41.5 Å². The number of benzene rings is 2. The molecule has 2 aromatic carbocycles. The SMILES string of the molecule is C=C=C(c1ccc(C)c(C(=N)/C(C)=C(\N)C2CC2)c1)N1CC(c2ccc(C#N)cc2)C1.[HH]. The number of likely N-dealkylation sites (tertiary alicyclic amines) is 1. The maximum Gasteiger partial charge on any atom is 0.0991 e. The van der Waals surface area contributed by atoms with Crippen molar-refractivity contribution < 1.29 is 1.43 Å². The third kappa shape index (κ3) is 4.06. The van der Waals surface area contributed by atoms with E-state index in [4.69, 9.17) is 16.4 Å². The lowest BCUT2D eigenvalue weighted by atomic mass is 9.89. The van der Waals surface area contributed by atoms with Gasteiger partial charge < -0.3 is 10.6 Å². The van der Waals surface area contributed by atoms with Crippen LogP contribution in [-0.4, -0.2) is 23.7 Å². The molecule has 1 saturated carbocycles. The molecule has 0 aromatic heterocycles. The van der Waals surface area contributed by atoms with Crippen molar-refractivity contribution in [3.63, 3.8) is 0 Å². The summed E-state index contributed by atoms with van der Waals surface area (Å²) in [6, 6.07) is 16.2. The highest BCUT2D eigenvalue weighted by molar-refractivity contribution is 6.11. The van der Waals surface area contributed by atoms with Crippen LogP contribution in [0.5, 0.6) is 0 Å². The minimum atomic E-state index is 0. The number of nitriles is 1. The van der Waals surface area contributed by atoms with Crippen molar-refractivity contribution >= 4 is 11.4 Å². The second kappa shape index (κ2) is 8.30. The molecule has 2 aliphatic rings. The Balaban J connectivity index is 0.00000289. The number of nitrogens with two attached hydrogens (primary N) is 1. The number of rotatable bonds is 6. The van der Waals surface area contributed by atoms with Gasteiger partial charge in [-0.15, -0.1) is 5.73 Å². The molecule has 1 aliphatic heterocycles. The molecule has 0 spiro atoms. The molecule has 0 bridgehead atoms. The van der Waals surface area contributed by atoms with Gasteiger partial charge in [-0.05, 0) is 67.5 Å². The van der Waals surface area contributed by atoms with E-state index in [9.17, 15) is 0 Å². The van der Waals surface area contributed by atoms with Gasteiger partial charge in [-0.2, -0.15) is 5.26 Å². The minimum Gasteiger partial charge on any atom is -0.402 e. The van der Waals surface area contributed by atoms with Crippen molar-refractivity contribution in [3.8, 4) is 6.07 Å². The predicted octanol–water partition coefficient (Wildman–Crippen LogP) is 5.35. The van der Waals surface area contributed by atoms with Gasteiger partial charge in [0.05, 0.1) is 23.0 Å². The lowest BCUT2D eigenvalue weighted by Crippen LogP contribution is -2.43. The summed E-state index contributed by atoms with van der Waals surface area (Å²) in [5, 5.41) is 17.7. The maximum absolute atomic E-state index is 8.98. The number of hydrogen-bond donors (Lipinski definition) is 2. The Morgan fingerprint density at radius 3 is 2.45 bits per heavy atom. The summed E-state index contributed by atoms with van der Waals surface area (Å²) in [6.45, 7) is 9.70. The molecule has 1 heterocycles. The van der Waals surface area contributed by atoms with Crippen LogP contribution in [-0.2, 0) is 0 Å². The number of allylic oxidation sites excluding steroid dienone is 2. The zero-order valence-electron chi connectivity index (χ0n) is 18.2. The molecule has 1 aliphatic carbocycles. The molecule has 0 unspecified atom stereocenters. The molecule has 2 fully saturated rings. The van der Waals surface area contributed by atoms with Crippen molar-refractivity contribution in [2.75, 3.05) is 13.1 Å². The smallest absolute Gasteiger partial charge is 0.0991 e. The van der Waals surface area contributed by atoms with Crippen molar-refractivity contribution in [2.45, 2.75) is 32.6 Å². The van der Waals surface area contributed by atoms with Gasteiger partial charge in [0.2, 0.25) is 0 Å². The first-order valence-electron chi connectivity index (χ1n) is 10.7. The van der Waals surface area contributed by atoms with E-state index in [0.717, 1.165) is 59.6 Å². The molecule has 4 rings (SSSR count). The Bertz CT molecular complexity index is 1150. The fourth-order valence-corrected chi connectivity index (χ4v) is 4.18. The van der Waals surface area contributed by atoms with Crippen LogP contribution < -0.4 is 5.73 Å². The third-order valence-corrected chi connectivity index (χ3v) is 6.48. The lowest BCUT2D eigenvalue weighted by molar-refractivity contribution is 0.237. The average Bonchev–Trinajstić information content (AvgIpc) is 3.60. The molecule has 3 N–H and O–H groups in total. The molecule has 0 atom stereocenters. The van der Waals surface area contributed by atoms with Gasteiger partial charge in [0.1, 0.15) is 0 Å². The zero-order chi connectivity index (χ0) is 22.1. The molecule has 1 saturated heterocycles. The second-order valence-electron chi connectivity index (χ2n) is 8.62. The summed E-state index contributed by atoms with van der Waals surface area (Å²) in [5.74, 6) is 0.885. The van der Waals surface area contributed by atoms with Crippen LogP contribution in [0.4, 0.5) is 0 Å². The molecule has 4 heteroatoms. The number of aryl methyl sites for hydroxylation is 1. The molecule has 158 valence electrons. The second-order valence-corrected chi connectivity index (χ2v) is 8.62. The maximum atomic E-state index is 8.98. The van der Waals surface area contributed by atoms with E-state index in [0.29, 0.717) is 23.1 Å². The predicted molar refractivity (Wildman–Crippen MR) is 128 cm³/mol. The third-order valence-electron chi connectivity index (χ3n) is 6.48. The van der Waals surface area contributed by atoms with Gasteiger partial charge in [-0.3, -0.25) is 5.41 Å². The van der Waals surface area contributed by atoms with Crippen LogP contribution in [0.25, 0.3) is 5.70 Å².